The van der Waals surface area contributed by atoms with Crippen molar-refractivity contribution < 1.29 is 9.18 Å². The van der Waals surface area contributed by atoms with Gasteiger partial charge >= 0.3 is 0 Å². The summed E-state index contributed by atoms with van der Waals surface area (Å²) in [4.78, 5) is 17.2. The average Bonchev–Trinajstić information content (AvgIpc) is 2.26. The van der Waals surface area contributed by atoms with Crippen LogP contribution in [0, 0.1) is 11.7 Å². The van der Waals surface area contributed by atoms with Crippen molar-refractivity contribution in [3.8, 4) is 0 Å². The number of nitrogens with two attached hydrogens (primary N) is 1. The Kier molecular flexibility index (Phi) is 3.38. The Morgan fingerprint density at radius 2 is 2.29 bits per heavy atom. The third-order valence-corrected chi connectivity index (χ3v) is 3.10. The lowest BCUT2D eigenvalue weighted by atomic mass is 9.80. The van der Waals surface area contributed by atoms with E-state index in [2.05, 4.69) is 4.98 Å². The highest BCUT2D eigenvalue weighted by Gasteiger charge is 2.28. The van der Waals surface area contributed by atoms with Gasteiger partial charge in [-0.05, 0) is 24.8 Å². The lowest BCUT2D eigenvalue weighted by Crippen LogP contribution is -2.43. The van der Waals surface area contributed by atoms with E-state index in [-0.39, 0.29) is 17.5 Å². The SMILES string of the molecule is CN(CC1CC(N)C1)C(=O)c1cncc(F)c1. The zero-order valence-corrected chi connectivity index (χ0v) is 9.77. The largest absolute Gasteiger partial charge is 0.341 e. The van der Waals surface area contributed by atoms with Crippen molar-refractivity contribution in [3.63, 3.8) is 0 Å². The van der Waals surface area contributed by atoms with Crippen LogP contribution in [0.3, 0.4) is 0 Å². The van der Waals surface area contributed by atoms with Crippen LogP contribution in [0.15, 0.2) is 18.5 Å². The Bertz CT molecular complexity index is 418. The number of aromatic nitrogens is 1. The van der Waals surface area contributed by atoms with Crippen molar-refractivity contribution in [2.75, 3.05) is 13.6 Å². The van der Waals surface area contributed by atoms with E-state index in [1.807, 2.05) is 0 Å². The number of carbonyl (C=O) groups excluding carboxylic acids is 1. The molecule has 1 aromatic heterocycles. The summed E-state index contributed by atoms with van der Waals surface area (Å²) in [5.74, 6) is -0.215. The topological polar surface area (TPSA) is 59.2 Å². The fourth-order valence-corrected chi connectivity index (χ4v) is 2.16. The van der Waals surface area contributed by atoms with Crippen LogP contribution in [0.2, 0.25) is 0 Å². The molecule has 0 unspecified atom stereocenters. The molecule has 0 saturated heterocycles. The quantitative estimate of drug-likeness (QED) is 0.854. The standard InChI is InChI=1S/C12H16FN3O/c1-16(7-8-2-11(14)3-8)12(17)9-4-10(13)6-15-5-9/h4-6,8,11H,2-3,7,14H2,1H3. The van der Waals surface area contributed by atoms with Crippen molar-refractivity contribution in [1.82, 2.24) is 9.88 Å². The highest BCUT2D eigenvalue weighted by atomic mass is 19.1. The third-order valence-electron chi connectivity index (χ3n) is 3.10. The first-order chi connectivity index (χ1) is 8.06. The number of hydrogen-bond donors (Lipinski definition) is 1. The molecule has 0 spiro atoms. The Morgan fingerprint density at radius 1 is 1.59 bits per heavy atom. The highest BCUT2D eigenvalue weighted by molar-refractivity contribution is 5.93. The van der Waals surface area contributed by atoms with Crippen molar-refractivity contribution in [3.05, 3.63) is 29.8 Å². The van der Waals surface area contributed by atoms with Gasteiger partial charge in [-0.3, -0.25) is 9.78 Å². The number of pyridine rings is 1. The lowest BCUT2D eigenvalue weighted by Gasteiger charge is -2.35. The molecule has 92 valence electrons. The van der Waals surface area contributed by atoms with Gasteiger partial charge in [0.1, 0.15) is 5.82 Å². The first-order valence-electron chi connectivity index (χ1n) is 5.68. The number of amides is 1. The number of halogens is 1. The lowest BCUT2D eigenvalue weighted by molar-refractivity contribution is 0.0733. The van der Waals surface area contributed by atoms with E-state index < -0.39 is 5.82 Å². The van der Waals surface area contributed by atoms with Gasteiger partial charge in [-0.25, -0.2) is 4.39 Å². The molecule has 0 atom stereocenters. The minimum absolute atomic E-state index is 0.197. The van der Waals surface area contributed by atoms with Crippen LogP contribution >= 0.6 is 0 Å². The zero-order chi connectivity index (χ0) is 12.4. The summed E-state index contributed by atoms with van der Waals surface area (Å²) in [6.07, 6.45) is 4.38. The van der Waals surface area contributed by atoms with Gasteiger partial charge in [-0.1, -0.05) is 0 Å². The highest BCUT2D eigenvalue weighted by Crippen LogP contribution is 2.26. The summed E-state index contributed by atoms with van der Waals surface area (Å²) >= 11 is 0. The molecule has 4 nitrogen and oxygen atoms in total. The van der Waals surface area contributed by atoms with Gasteiger partial charge in [-0.15, -0.1) is 0 Å². The molecular formula is C12H16FN3O. The molecule has 2 N–H and O–H groups in total. The van der Waals surface area contributed by atoms with Crippen LogP contribution in [0.4, 0.5) is 4.39 Å². The van der Waals surface area contributed by atoms with Crippen LogP contribution < -0.4 is 5.73 Å². The van der Waals surface area contributed by atoms with Crippen molar-refractivity contribution >= 4 is 5.91 Å². The second kappa shape index (κ2) is 4.79. The van der Waals surface area contributed by atoms with Crippen LogP contribution in [-0.4, -0.2) is 35.4 Å². The molecule has 1 amide bonds. The number of nitrogens with zero attached hydrogens (tertiary/aromatic N) is 2. The molecule has 0 bridgehead atoms. The number of hydrogen-bond acceptors (Lipinski definition) is 3. The fourth-order valence-electron chi connectivity index (χ4n) is 2.16. The van der Waals surface area contributed by atoms with Crippen LogP contribution in [0.5, 0.6) is 0 Å². The smallest absolute Gasteiger partial charge is 0.255 e. The van der Waals surface area contributed by atoms with Gasteiger partial charge < -0.3 is 10.6 Å². The zero-order valence-electron chi connectivity index (χ0n) is 9.77. The molecule has 1 heterocycles. The average molecular weight is 237 g/mol. The van der Waals surface area contributed by atoms with E-state index in [0.29, 0.717) is 12.5 Å². The van der Waals surface area contributed by atoms with Crippen molar-refractivity contribution in [2.45, 2.75) is 18.9 Å². The predicted molar refractivity (Wildman–Crippen MR) is 61.9 cm³/mol. The molecule has 1 aromatic rings. The predicted octanol–water partition coefficient (Wildman–Crippen LogP) is 1.03. The summed E-state index contributed by atoms with van der Waals surface area (Å²) in [6.45, 7) is 0.670. The van der Waals surface area contributed by atoms with Gasteiger partial charge in [-0.2, -0.15) is 0 Å². The Morgan fingerprint density at radius 3 is 2.88 bits per heavy atom. The first kappa shape index (κ1) is 12.0. The fraction of sp³-hybridized carbons (Fsp3) is 0.500. The maximum atomic E-state index is 12.9. The van der Waals surface area contributed by atoms with Crippen LogP contribution in [0.1, 0.15) is 23.2 Å². The van der Waals surface area contributed by atoms with E-state index in [4.69, 9.17) is 5.73 Å². The van der Waals surface area contributed by atoms with E-state index in [1.54, 1.807) is 11.9 Å². The summed E-state index contributed by atoms with van der Waals surface area (Å²) < 4.78 is 12.9. The molecule has 0 aliphatic heterocycles. The Balaban J connectivity index is 1.95. The Hall–Kier alpha value is -1.49. The molecule has 17 heavy (non-hydrogen) atoms. The monoisotopic (exact) mass is 237 g/mol. The van der Waals surface area contributed by atoms with E-state index in [1.165, 1.54) is 12.3 Å². The second-order valence-electron chi connectivity index (χ2n) is 4.68. The molecule has 5 heteroatoms. The second-order valence-corrected chi connectivity index (χ2v) is 4.68. The Labute approximate surface area is 99.6 Å². The maximum Gasteiger partial charge on any atom is 0.255 e. The minimum atomic E-state index is -0.491. The first-order valence-corrected chi connectivity index (χ1v) is 5.68. The van der Waals surface area contributed by atoms with Gasteiger partial charge in [0.25, 0.3) is 5.91 Å². The summed E-state index contributed by atoms with van der Waals surface area (Å²) in [5, 5.41) is 0. The number of carbonyl (C=O) groups is 1. The summed E-state index contributed by atoms with van der Waals surface area (Å²) in [7, 11) is 1.72. The van der Waals surface area contributed by atoms with Gasteiger partial charge in [0, 0.05) is 25.8 Å². The van der Waals surface area contributed by atoms with E-state index >= 15 is 0 Å². The van der Waals surface area contributed by atoms with Gasteiger partial charge in [0.05, 0.1) is 11.8 Å². The molecule has 1 aliphatic rings. The van der Waals surface area contributed by atoms with Gasteiger partial charge in [0.2, 0.25) is 0 Å². The van der Waals surface area contributed by atoms with Gasteiger partial charge in [0.15, 0.2) is 0 Å². The molecule has 0 radical (unpaired) electrons. The molecular weight excluding hydrogens is 221 g/mol. The normalized spacial score (nSPS) is 23.0. The van der Waals surface area contributed by atoms with E-state index in [0.717, 1.165) is 19.0 Å². The summed E-state index contributed by atoms with van der Waals surface area (Å²) in [6, 6.07) is 1.48. The molecule has 1 aliphatic carbocycles. The van der Waals surface area contributed by atoms with E-state index in [9.17, 15) is 9.18 Å². The third kappa shape index (κ3) is 2.79. The van der Waals surface area contributed by atoms with Crippen molar-refractivity contribution in [1.29, 1.82) is 0 Å². The van der Waals surface area contributed by atoms with Crippen LogP contribution in [-0.2, 0) is 0 Å². The number of rotatable bonds is 3. The molecule has 0 aromatic carbocycles. The maximum absolute atomic E-state index is 12.9. The molecule has 2 rings (SSSR count). The molecule has 1 saturated carbocycles. The van der Waals surface area contributed by atoms with Crippen LogP contribution in [0.25, 0.3) is 0 Å². The van der Waals surface area contributed by atoms with Crippen molar-refractivity contribution in [2.24, 2.45) is 11.7 Å². The molecule has 1 fully saturated rings. The summed E-state index contributed by atoms with van der Waals surface area (Å²) in [5.41, 5.74) is 5.98. The minimum Gasteiger partial charge on any atom is -0.341 e.